The molecule has 27 heavy (non-hydrogen) atoms. The Morgan fingerprint density at radius 3 is 2.41 bits per heavy atom. The van der Waals surface area contributed by atoms with Crippen LogP contribution < -0.4 is 5.73 Å². The van der Waals surface area contributed by atoms with Crippen LogP contribution in [-0.2, 0) is 17.5 Å². The molecule has 0 aliphatic rings. The molecule has 2 rings (SSSR count). The zero-order valence-electron chi connectivity index (χ0n) is 14.2. The number of nitrogen functional groups attached to an aromatic ring is 1. The monoisotopic (exact) mass is 391 g/mol. The minimum Gasteiger partial charge on any atom is -0.454 e. The minimum absolute atomic E-state index is 0.0141. The van der Waals surface area contributed by atoms with Gasteiger partial charge in [0.05, 0.1) is 11.3 Å². The molecular formula is C16H14F5N3O3. The molecule has 0 aliphatic heterocycles. The lowest BCUT2D eigenvalue weighted by Gasteiger charge is -2.12. The molecule has 2 N–H and O–H groups in total. The number of ether oxygens (including phenoxy) is 1. The van der Waals surface area contributed by atoms with E-state index < -0.39 is 47.3 Å². The summed E-state index contributed by atoms with van der Waals surface area (Å²) in [5.74, 6) is -6.26. The number of anilines is 1. The van der Waals surface area contributed by atoms with Gasteiger partial charge in [-0.1, -0.05) is 0 Å². The van der Waals surface area contributed by atoms with Gasteiger partial charge in [-0.05, 0) is 26.0 Å². The number of nitrogens with two attached hydrogens (primary N) is 1. The first-order valence-electron chi connectivity index (χ1n) is 7.57. The second-order valence-electron chi connectivity index (χ2n) is 5.44. The number of hydrogen-bond acceptors (Lipinski definition) is 5. The van der Waals surface area contributed by atoms with Gasteiger partial charge in [0.15, 0.2) is 6.61 Å². The van der Waals surface area contributed by atoms with Crippen LogP contribution in [0.3, 0.4) is 0 Å². The third-order valence-corrected chi connectivity index (χ3v) is 3.68. The first kappa shape index (κ1) is 20.3. The number of benzene rings is 1. The lowest BCUT2D eigenvalue weighted by molar-refractivity contribution is -0.142. The Balaban J connectivity index is 2.22. The quantitative estimate of drug-likeness (QED) is 0.481. The third kappa shape index (κ3) is 3.91. The summed E-state index contributed by atoms with van der Waals surface area (Å²) in [5.41, 5.74) is 2.60. The van der Waals surface area contributed by atoms with Gasteiger partial charge in [-0.2, -0.15) is 18.3 Å². The molecule has 0 amide bonds. The van der Waals surface area contributed by atoms with Crippen LogP contribution >= 0.6 is 0 Å². The van der Waals surface area contributed by atoms with Crippen LogP contribution in [-0.4, -0.2) is 28.1 Å². The number of aryl methyl sites for hydroxylation is 2. The van der Waals surface area contributed by atoms with E-state index in [1.165, 1.54) is 11.6 Å². The summed E-state index contributed by atoms with van der Waals surface area (Å²) in [6.07, 6.45) is -5.33. The Kier molecular flexibility index (Phi) is 5.52. The van der Waals surface area contributed by atoms with E-state index >= 15 is 0 Å². The maximum atomic E-state index is 13.9. The lowest BCUT2D eigenvalue weighted by Crippen LogP contribution is -2.19. The molecule has 0 saturated heterocycles. The van der Waals surface area contributed by atoms with E-state index in [4.69, 9.17) is 10.5 Å². The fourth-order valence-corrected chi connectivity index (χ4v) is 2.40. The van der Waals surface area contributed by atoms with Crippen molar-refractivity contribution < 1.29 is 36.3 Å². The molecule has 11 heteroatoms. The van der Waals surface area contributed by atoms with Crippen molar-refractivity contribution in [2.75, 3.05) is 12.3 Å². The van der Waals surface area contributed by atoms with Gasteiger partial charge in [0.1, 0.15) is 28.6 Å². The first-order chi connectivity index (χ1) is 12.5. The van der Waals surface area contributed by atoms with Crippen molar-refractivity contribution in [3.8, 4) is 0 Å². The molecule has 6 nitrogen and oxygen atoms in total. The second-order valence-corrected chi connectivity index (χ2v) is 5.44. The molecule has 1 aromatic carbocycles. The van der Waals surface area contributed by atoms with Gasteiger partial charge in [-0.25, -0.2) is 18.3 Å². The van der Waals surface area contributed by atoms with Crippen molar-refractivity contribution in [3.05, 3.63) is 46.2 Å². The number of ketones is 1. The summed E-state index contributed by atoms with van der Waals surface area (Å²) >= 11 is 0. The van der Waals surface area contributed by atoms with E-state index in [1.807, 2.05) is 0 Å². The molecule has 0 bridgehead atoms. The highest BCUT2D eigenvalue weighted by molar-refractivity contribution is 6.01. The van der Waals surface area contributed by atoms with Gasteiger partial charge >= 0.3 is 12.1 Å². The van der Waals surface area contributed by atoms with Crippen molar-refractivity contribution in [1.82, 2.24) is 9.78 Å². The lowest BCUT2D eigenvalue weighted by atomic mass is 10.1. The first-order valence-corrected chi connectivity index (χ1v) is 7.57. The Bertz CT molecular complexity index is 906. The highest BCUT2D eigenvalue weighted by Gasteiger charge is 2.39. The maximum Gasteiger partial charge on any atom is 0.422 e. The summed E-state index contributed by atoms with van der Waals surface area (Å²) in [4.78, 5) is 24.0. The highest BCUT2D eigenvalue weighted by Crippen LogP contribution is 2.34. The van der Waals surface area contributed by atoms with Gasteiger partial charge in [0.2, 0.25) is 5.78 Å². The smallest absolute Gasteiger partial charge is 0.422 e. The fraction of sp³-hybridized carbons (Fsp3) is 0.312. The molecule has 146 valence electrons. The number of Topliss-reactive ketones (excluding diaryl/α,β-unsaturated/α-hetero) is 1. The summed E-state index contributed by atoms with van der Waals surface area (Å²) in [6, 6.07) is 0.860. The fourth-order valence-electron chi connectivity index (χ4n) is 2.40. The number of aromatic nitrogens is 2. The molecular weight excluding hydrogens is 377 g/mol. The van der Waals surface area contributed by atoms with E-state index in [0.717, 1.165) is 0 Å². The maximum absolute atomic E-state index is 13.9. The average Bonchev–Trinajstić information content (AvgIpc) is 2.85. The molecule has 0 saturated carbocycles. The molecule has 1 heterocycles. The zero-order chi connectivity index (χ0) is 20.5. The van der Waals surface area contributed by atoms with Crippen molar-refractivity contribution in [2.24, 2.45) is 0 Å². The summed E-state index contributed by atoms with van der Waals surface area (Å²) in [5, 5.41) is 3.98. The molecule has 0 radical (unpaired) electrons. The predicted molar refractivity (Wildman–Crippen MR) is 83.0 cm³/mol. The van der Waals surface area contributed by atoms with Gasteiger partial charge in [0, 0.05) is 6.54 Å². The number of esters is 1. The van der Waals surface area contributed by atoms with E-state index in [1.54, 1.807) is 6.92 Å². The summed E-state index contributed by atoms with van der Waals surface area (Å²) < 4.78 is 71.4. The largest absolute Gasteiger partial charge is 0.454 e. The molecule has 2 aromatic rings. The minimum atomic E-state index is -5.33. The highest BCUT2D eigenvalue weighted by atomic mass is 19.4. The van der Waals surface area contributed by atoms with Gasteiger partial charge in [0.25, 0.3) is 0 Å². The number of rotatable bonds is 5. The van der Waals surface area contributed by atoms with E-state index in [-0.39, 0.29) is 17.1 Å². The summed E-state index contributed by atoms with van der Waals surface area (Å²) in [6.45, 7) is 2.49. The molecule has 0 fully saturated rings. The second kappa shape index (κ2) is 7.33. The number of nitrogens with zero attached hydrogens (tertiary/aromatic N) is 2. The Labute approximate surface area is 149 Å². The topological polar surface area (TPSA) is 87.2 Å². The Hall–Kier alpha value is -2.98. The Morgan fingerprint density at radius 2 is 1.89 bits per heavy atom. The number of hydrogen-bond donors (Lipinski definition) is 1. The van der Waals surface area contributed by atoms with Crippen molar-refractivity contribution in [3.63, 3.8) is 0 Å². The van der Waals surface area contributed by atoms with Crippen LogP contribution in [0.25, 0.3) is 0 Å². The van der Waals surface area contributed by atoms with E-state index in [2.05, 4.69) is 5.10 Å². The number of halogens is 5. The standard InChI is InChI=1S/C16H14F5N3O3/c1-3-24-14(22)11(7(2)23-24)15(26)27-6-10(25)8-4-5-9(17)12(13(8)18)16(19,20)21/h4-5H,3,6,22H2,1-2H3. The normalized spacial score (nSPS) is 11.5. The summed E-state index contributed by atoms with van der Waals surface area (Å²) in [7, 11) is 0. The third-order valence-electron chi connectivity index (χ3n) is 3.68. The molecule has 0 unspecified atom stereocenters. The van der Waals surface area contributed by atoms with Crippen molar-refractivity contribution in [2.45, 2.75) is 26.6 Å². The Morgan fingerprint density at radius 1 is 1.26 bits per heavy atom. The van der Waals surface area contributed by atoms with Crippen molar-refractivity contribution in [1.29, 1.82) is 0 Å². The zero-order valence-corrected chi connectivity index (χ0v) is 14.2. The molecule has 1 aromatic heterocycles. The molecule has 0 spiro atoms. The van der Waals surface area contributed by atoms with Crippen LogP contribution in [0.1, 0.15) is 38.9 Å². The van der Waals surface area contributed by atoms with Crippen molar-refractivity contribution >= 4 is 17.6 Å². The van der Waals surface area contributed by atoms with Gasteiger partial charge < -0.3 is 10.5 Å². The average molecular weight is 391 g/mol. The van der Waals surface area contributed by atoms with Crippen LogP contribution in [0.15, 0.2) is 12.1 Å². The van der Waals surface area contributed by atoms with Gasteiger partial charge in [-0.15, -0.1) is 0 Å². The van der Waals surface area contributed by atoms with Crippen LogP contribution in [0.4, 0.5) is 27.8 Å². The van der Waals surface area contributed by atoms with Crippen LogP contribution in [0.2, 0.25) is 0 Å². The van der Waals surface area contributed by atoms with E-state index in [9.17, 15) is 31.5 Å². The van der Waals surface area contributed by atoms with Gasteiger partial charge in [-0.3, -0.25) is 4.79 Å². The number of carbonyl (C=O) groups excluding carboxylic acids is 2. The number of alkyl halides is 3. The van der Waals surface area contributed by atoms with Crippen LogP contribution in [0, 0.1) is 18.6 Å². The number of carbonyl (C=O) groups is 2. The SMILES string of the molecule is CCn1nc(C)c(C(=O)OCC(=O)c2ccc(F)c(C(F)(F)F)c2F)c1N. The van der Waals surface area contributed by atoms with Crippen LogP contribution in [0.5, 0.6) is 0 Å². The molecule has 0 aliphatic carbocycles. The molecule has 0 atom stereocenters. The van der Waals surface area contributed by atoms with E-state index in [0.29, 0.717) is 18.7 Å². The predicted octanol–water partition coefficient (Wildman–Crippen LogP) is 3.13.